The predicted molar refractivity (Wildman–Crippen MR) is 102 cm³/mol. The summed E-state index contributed by atoms with van der Waals surface area (Å²) in [5.74, 6) is 0.788. The molecule has 1 fully saturated rings. The number of aromatic nitrogens is 2. The Kier molecular flexibility index (Phi) is 4.60. The van der Waals surface area contributed by atoms with Crippen LogP contribution in [-0.2, 0) is 6.54 Å². The summed E-state index contributed by atoms with van der Waals surface area (Å²) in [6.45, 7) is 5.36. The highest BCUT2D eigenvalue weighted by Crippen LogP contribution is 2.31. The van der Waals surface area contributed by atoms with Crippen LogP contribution < -0.4 is 15.4 Å². The first kappa shape index (κ1) is 16.7. The van der Waals surface area contributed by atoms with Gasteiger partial charge in [-0.25, -0.2) is 4.98 Å². The van der Waals surface area contributed by atoms with E-state index in [4.69, 9.17) is 16.6 Å². The van der Waals surface area contributed by atoms with Gasteiger partial charge in [0.2, 0.25) is 0 Å². The summed E-state index contributed by atoms with van der Waals surface area (Å²) >= 11 is 7.49. The average Bonchev–Trinajstić information content (AvgIpc) is 3.02. The fraction of sp³-hybridized carbons (Fsp3) is 0.333. The van der Waals surface area contributed by atoms with E-state index in [-0.39, 0.29) is 5.56 Å². The van der Waals surface area contributed by atoms with Crippen LogP contribution in [0.4, 0.5) is 0 Å². The summed E-state index contributed by atoms with van der Waals surface area (Å²) < 4.78 is 0. The maximum atomic E-state index is 12.7. The van der Waals surface area contributed by atoms with Crippen molar-refractivity contribution in [3.8, 4) is 11.1 Å². The fourth-order valence-corrected chi connectivity index (χ4v) is 4.46. The van der Waals surface area contributed by atoms with Crippen LogP contribution in [0, 0.1) is 0 Å². The van der Waals surface area contributed by atoms with E-state index in [1.807, 2.05) is 29.6 Å². The van der Waals surface area contributed by atoms with Crippen molar-refractivity contribution in [2.24, 2.45) is 0 Å². The molecule has 7 heteroatoms. The van der Waals surface area contributed by atoms with Crippen LogP contribution in [0.5, 0.6) is 0 Å². The maximum absolute atomic E-state index is 12.7. The summed E-state index contributed by atoms with van der Waals surface area (Å²) in [4.78, 5) is 24.3. The Labute approximate surface area is 154 Å². The van der Waals surface area contributed by atoms with Crippen LogP contribution in [0.3, 0.4) is 0 Å². The number of piperazine rings is 1. The number of aromatic amines is 1. The van der Waals surface area contributed by atoms with Crippen molar-refractivity contribution in [3.63, 3.8) is 0 Å². The largest absolute Gasteiger partial charge is 0.328 e. The Morgan fingerprint density at radius 1 is 1.20 bits per heavy atom. The second kappa shape index (κ2) is 6.88. The molecule has 1 aliphatic heterocycles. The fourth-order valence-electron chi connectivity index (χ4n) is 3.36. The molecule has 2 aromatic heterocycles. The molecule has 1 aromatic carbocycles. The number of H-pyrrole nitrogens is 1. The molecular formula is C18H21ClN4OS+2. The first-order chi connectivity index (χ1) is 12.1. The molecule has 3 heterocycles. The third-order valence-electron chi connectivity index (χ3n) is 4.88. The molecule has 0 radical (unpaired) electrons. The number of benzene rings is 1. The normalized spacial score (nSPS) is 20.9. The zero-order valence-electron chi connectivity index (χ0n) is 14.1. The highest BCUT2D eigenvalue weighted by molar-refractivity contribution is 7.17. The van der Waals surface area contributed by atoms with Gasteiger partial charge in [-0.15, -0.1) is 11.3 Å². The van der Waals surface area contributed by atoms with Gasteiger partial charge in [0.1, 0.15) is 37.6 Å². The number of nitrogens with one attached hydrogen (secondary N) is 3. The van der Waals surface area contributed by atoms with E-state index in [0.29, 0.717) is 10.4 Å². The van der Waals surface area contributed by atoms with E-state index < -0.39 is 0 Å². The van der Waals surface area contributed by atoms with Crippen LogP contribution >= 0.6 is 22.9 Å². The molecular weight excluding hydrogens is 356 g/mol. The Balaban J connectivity index is 1.65. The molecule has 3 aromatic rings. The topological polar surface area (TPSA) is 54.6 Å². The highest BCUT2D eigenvalue weighted by atomic mass is 35.5. The van der Waals surface area contributed by atoms with Gasteiger partial charge in [-0.2, -0.15) is 0 Å². The van der Waals surface area contributed by atoms with Crippen molar-refractivity contribution in [1.82, 2.24) is 9.97 Å². The van der Waals surface area contributed by atoms with Gasteiger partial charge < -0.3 is 14.8 Å². The standard InChI is InChI=1S/C18H19ClN4OS/c1-22-6-8-23(9-7-22)10-15-20-17(24)16-14(11-25-18(16)21-15)12-2-4-13(19)5-3-12/h2-5,11H,6-10H2,1H3,(H,20,21,24)/p+2. The molecule has 1 saturated heterocycles. The molecule has 4 rings (SSSR count). The first-order valence-corrected chi connectivity index (χ1v) is 9.77. The van der Waals surface area contributed by atoms with Crippen LogP contribution in [-0.4, -0.2) is 43.2 Å². The lowest BCUT2D eigenvalue weighted by Crippen LogP contribution is -3.26. The molecule has 3 N–H and O–H groups in total. The highest BCUT2D eigenvalue weighted by Gasteiger charge is 2.21. The Bertz CT molecular complexity index is 942. The number of hydrogen-bond acceptors (Lipinski definition) is 3. The predicted octanol–water partition coefficient (Wildman–Crippen LogP) is 0.218. The number of likely N-dealkylation sites (N-methyl/N-ethyl adjacent to an activating group) is 1. The lowest BCUT2D eigenvalue weighted by molar-refractivity contribution is -1.01. The summed E-state index contributed by atoms with van der Waals surface area (Å²) in [7, 11) is 2.23. The molecule has 0 bridgehead atoms. The lowest BCUT2D eigenvalue weighted by atomic mass is 10.1. The van der Waals surface area contributed by atoms with Gasteiger partial charge in [-0.05, 0) is 17.7 Å². The van der Waals surface area contributed by atoms with Crippen molar-refractivity contribution >= 4 is 33.2 Å². The molecule has 0 saturated carbocycles. The van der Waals surface area contributed by atoms with Gasteiger partial charge in [-0.3, -0.25) is 4.79 Å². The van der Waals surface area contributed by atoms with E-state index in [9.17, 15) is 4.79 Å². The summed E-state index contributed by atoms with van der Waals surface area (Å²) in [5.41, 5.74) is 1.86. The van der Waals surface area contributed by atoms with Gasteiger partial charge in [-0.1, -0.05) is 23.7 Å². The van der Waals surface area contributed by atoms with Crippen LogP contribution in [0.25, 0.3) is 21.3 Å². The van der Waals surface area contributed by atoms with Gasteiger partial charge >= 0.3 is 0 Å². The zero-order chi connectivity index (χ0) is 17.4. The van der Waals surface area contributed by atoms with E-state index in [1.165, 1.54) is 29.3 Å². The second-order valence-electron chi connectivity index (χ2n) is 6.73. The summed E-state index contributed by atoms with van der Waals surface area (Å²) in [6, 6.07) is 7.56. The zero-order valence-corrected chi connectivity index (χ0v) is 15.6. The van der Waals surface area contributed by atoms with E-state index in [2.05, 4.69) is 12.0 Å². The monoisotopic (exact) mass is 376 g/mol. The lowest BCUT2D eigenvalue weighted by Gasteiger charge is -2.26. The molecule has 0 amide bonds. The van der Waals surface area contributed by atoms with Crippen molar-refractivity contribution < 1.29 is 9.80 Å². The molecule has 1 aliphatic rings. The van der Waals surface area contributed by atoms with Crippen molar-refractivity contribution in [2.75, 3.05) is 33.2 Å². The van der Waals surface area contributed by atoms with E-state index >= 15 is 0 Å². The Hall–Kier alpha value is -1.73. The third kappa shape index (κ3) is 3.48. The summed E-state index contributed by atoms with van der Waals surface area (Å²) in [6.07, 6.45) is 0. The maximum Gasteiger partial charge on any atom is 0.260 e. The minimum atomic E-state index is -0.0506. The molecule has 0 atom stereocenters. The Morgan fingerprint density at radius 3 is 2.64 bits per heavy atom. The van der Waals surface area contributed by atoms with Crippen molar-refractivity contribution in [3.05, 3.63) is 50.8 Å². The minimum Gasteiger partial charge on any atom is -0.328 e. The number of rotatable bonds is 3. The molecule has 25 heavy (non-hydrogen) atoms. The SMILES string of the molecule is C[NH+]1CC[NH+](Cc2nc3scc(-c4ccc(Cl)cc4)c3c(=O)[nH]2)CC1. The van der Waals surface area contributed by atoms with E-state index in [0.717, 1.165) is 41.4 Å². The molecule has 0 aliphatic carbocycles. The Morgan fingerprint density at radius 2 is 1.92 bits per heavy atom. The number of thiophene rings is 1. The van der Waals surface area contributed by atoms with Crippen molar-refractivity contribution in [1.29, 1.82) is 0 Å². The molecule has 5 nitrogen and oxygen atoms in total. The number of fused-ring (bicyclic) bond motifs is 1. The quantitative estimate of drug-likeness (QED) is 0.612. The van der Waals surface area contributed by atoms with Crippen molar-refractivity contribution in [2.45, 2.75) is 6.54 Å². The molecule has 0 unspecified atom stereocenters. The smallest absolute Gasteiger partial charge is 0.260 e. The van der Waals surface area contributed by atoms with Gasteiger partial charge in [0, 0.05) is 16.0 Å². The van der Waals surface area contributed by atoms with Gasteiger partial charge in [0.15, 0.2) is 5.82 Å². The minimum absolute atomic E-state index is 0.0506. The molecule has 130 valence electrons. The first-order valence-electron chi connectivity index (χ1n) is 8.51. The number of hydrogen-bond donors (Lipinski definition) is 3. The number of halogens is 1. The van der Waals surface area contributed by atoms with Gasteiger partial charge in [0.25, 0.3) is 5.56 Å². The average molecular weight is 377 g/mol. The second-order valence-corrected chi connectivity index (χ2v) is 8.03. The number of nitrogens with zero attached hydrogens (tertiary/aromatic N) is 1. The van der Waals surface area contributed by atoms with Crippen LogP contribution in [0.1, 0.15) is 5.82 Å². The third-order valence-corrected chi connectivity index (χ3v) is 6.00. The van der Waals surface area contributed by atoms with E-state index in [1.54, 1.807) is 4.90 Å². The van der Waals surface area contributed by atoms with Gasteiger partial charge in [0.05, 0.1) is 12.4 Å². The number of quaternary nitrogens is 2. The summed E-state index contributed by atoms with van der Waals surface area (Å²) in [5, 5.41) is 3.37. The molecule has 0 spiro atoms. The van der Waals surface area contributed by atoms with Crippen LogP contribution in [0.2, 0.25) is 5.02 Å². The van der Waals surface area contributed by atoms with Crippen LogP contribution in [0.15, 0.2) is 34.4 Å².